The first kappa shape index (κ1) is 24.7. The molecule has 1 heterocycles. The highest BCUT2D eigenvalue weighted by molar-refractivity contribution is 9.10. The molecule has 1 N–H and O–H groups in total. The predicted molar refractivity (Wildman–Crippen MR) is 129 cm³/mol. The Kier molecular flexibility index (Phi) is 7.64. The van der Waals surface area contributed by atoms with Crippen molar-refractivity contribution in [1.82, 2.24) is 4.31 Å². The first-order valence-electron chi connectivity index (χ1n) is 10.0. The number of carbonyl (C=O) groups excluding carboxylic acids is 1. The lowest BCUT2D eigenvalue weighted by Gasteiger charge is -2.30. The van der Waals surface area contributed by atoms with Crippen LogP contribution in [0.5, 0.6) is 0 Å². The van der Waals surface area contributed by atoms with Gasteiger partial charge in [0.05, 0.1) is 17.7 Å². The van der Waals surface area contributed by atoms with Gasteiger partial charge >= 0.3 is 0 Å². The molecule has 1 aliphatic heterocycles. The SMILES string of the molecule is CN(c1cccc(NC(=O)C2CCN(S(=O)(=O)Cc3ccc(Br)cc3)CC2)c1)S(C)(=O)=O. The molecule has 1 saturated heterocycles. The highest BCUT2D eigenvalue weighted by atomic mass is 79.9. The zero-order valence-corrected chi connectivity index (χ0v) is 21.1. The van der Waals surface area contributed by atoms with Gasteiger partial charge in [-0.25, -0.2) is 21.1 Å². The molecular weight excluding hydrogens is 518 g/mol. The van der Waals surface area contributed by atoms with Crippen LogP contribution >= 0.6 is 15.9 Å². The van der Waals surface area contributed by atoms with E-state index in [0.29, 0.717) is 29.8 Å². The van der Waals surface area contributed by atoms with Crippen LogP contribution in [0.4, 0.5) is 11.4 Å². The normalized spacial score (nSPS) is 16.0. The lowest BCUT2D eigenvalue weighted by atomic mass is 9.97. The number of carbonyl (C=O) groups is 1. The van der Waals surface area contributed by atoms with E-state index >= 15 is 0 Å². The van der Waals surface area contributed by atoms with Crippen molar-refractivity contribution >= 4 is 53.3 Å². The Morgan fingerprint density at radius 1 is 1.09 bits per heavy atom. The summed E-state index contributed by atoms with van der Waals surface area (Å²) in [5, 5.41) is 2.82. The fourth-order valence-electron chi connectivity index (χ4n) is 3.49. The van der Waals surface area contributed by atoms with E-state index in [1.807, 2.05) is 12.1 Å². The quantitative estimate of drug-likeness (QED) is 0.577. The number of halogens is 1. The number of nitrogens with one attached hydrogen (secondary N) is 1. The predicted octanol–water partition coefficient (Wildman–Crippen LogP) is 3.03. The summed E-state index contributed by atoms with van der Waals surface area (Å²) in [5.41, 5.74) is 1.65. The van der Waals surface area contributed by atoms with Gasteiger partial charge in [0.1, 0.15) is 0 Å². The molecule has 1 amide bonds. The number of sulfonamides is 2. The fraction of sp³-hybridized carbons (Fsp3) is 0.381. The molecule has 0 bridgehead atoms. The van der Waals surface area contributed by atoms with E-state index < -0.39 is 20.0 Å². The summed E-state index contributed by atoms with van der Waals surface area (Å²) in [6.45, 7) is 0.571. The maximum Gasteiger partial charge on any atom is 0.231 e. The molecule has 0 unspecified atom stereocenters. The van der Waals surface area contributed by atoms with Crippen LogP contribution < -0.4 is 9.62 Å². The first-order valence-corrected chi connectivity index (χ1v) is 14.3. The number of hydrogen-bond donors (Lipinski definition) is 1. The second-order valence-corrected chi connectivity index (χ2v) is 12.7. The van der Waals surface area contributed by atoms with Crippen LogP contribution in [0.15, 0.2) is 53.0 Å². The van der Waals surface area contributed by atoms with Crippen LogP contribution in [0.2, 0.25) is 0 Å². The molecule has 11 heteroatoms. The van der Waals surface area contributed by atoms with Crippen molar-refractivity contribution in [3.63, 3.8) is 0 Å². The van der Waals surface area contributed by atoms with Crippen molar-refractivity contribution in [2.45, 2.75) is 18.6 Å². The van der Waals surface area contributed by atoms with Crippen molar-refractivity contribution in [3.05, 3.63) is 58.6 Å². The van der Waals surface area contributed by atoms with Gasteiger partial charge in [0.15, 0.2) is 0 Å². The van der Waals surface area contributed by atoms with Gasteiger partial charge in [-0.1, -0.05) is 34.1 Å². The van der Waals surface area contributed by atoms with Crippen molar-refractivity contribution in [1.29, 1.82) is 0 Å². The second kappa shape index (κ2) is 9.90. The van der Waals surface area contributed by atoms with Crippen molar-refractivity contribution in [2.75, 3.05) is 36.0 Å². The Labute approximate surface area is 197 Å². The Balaban J connectivity index is 1.58. The number of rotatable bonds is 7. The van der Waals surface area contributed by atoms with E-state index in [1.165, 1.54) is 11.4 Å². The number of nitrogens with zero attached hydrogens (tertiary/aromatic N) is 2. The summed E-state index contributed by atoms with van der Waals surface area (Å²) in [7, 11) is -5.43. The molecule has 3 rings (SSSR count). The Hall–Kier alpha value is -1.95. The maximum atomic E-state index is 12.7. The third-order valence-electron chi connectivity index (χ3n) is 5.46. The Bertz CT molecular complexity index is 1180. The molecule has 174 valence electrons. The van der Waals surface area contributed by atoms with Crippen LogP contribution in [0.1, 0.15) is 18.4 Å². The average molecular weight is 544 g/mol. The first-order chi connectivity index (χ1) is 15.0. The summed E-state index contributed by atoms with van der Waals surface area (Å²) in [6, 6.07) is 13.8. The summed E-state index contributed by atoms with van der Waals surface area (Å²) in [4.78, 5) is 12.7. The van der Waals surface area contributed by atoms with Gasteiger partial charge in [-0.3, -0.25) is 9.10 Å². The van der Waals surface area contributed by atoms with Crippen LogP contribution in [-0.4, -0.2) is 53.4 Å². The van der Waals surface area contributed by atoms with Crippen LogP contribution in [-0.2, 0) is 30.6 Å². The van der Waals surface area contributed by atoms with Crippen LogP contribution in [0.25, 0.3) is 0 Å². The molecule has 32 heavy (non-hydrogen) atoms. The lowest BCUT2D eigenvalue weighted by molar-refractivity contribution is -0.120. The van der Waals surface area contributed by atoms with E-state index in [0.717, 1.165) is 15.0 Å². The molecular formula is C21H26BrN3O5S2. The molecule has 1 fully saturated rings. The van der Waals surface area contributed by atoms with Gasteiger partial charge in [-0.15, -0.1) is 0 Å². The summed E-state index contributed by atoms with van der Waals surface area (Å²) in [6.07, 6.45) is 1.96. The summed E-state index contributed by atoms with van der Waals surface area (Å²) >= 11 is 3.34. The topological polar surface area (TPSA) is 104 Å². The summed E-state index contributed by atoms with van der Waals surface area (Å²) in [5.74, 6) is -0.586. The number of anilines is 2. The monoisotopic (exact) mass is 543 g/mol. The van der Waals surface area contributed by atoms with Crippen LogP contribution in [0.3, 0.4) is 0 Å². The molecule has 2 aromatic carbocycles. The zero-order chi connectivity index (χ0) is 23.5. The highest BCUT2D eigenvalue weighted by Gasteiger charge is 2.31. The maximum absolute atomic E-state index is 12.7. The molecule has 2 aromatic rings. The molecule has 1 aliphatic rings. The minimum Gasteiger partial charge on any atom is -0.326 e. The average Bonchev–Trinajstić information content (AvgIpc) is 2.74. The second-order valence-electron chi connectivity index (χ2n) is 7.83. The number of amides is 1. The van der Waals surface area contributed by atoms with Gasteiger partial charge in [-0.05, 0) is 48.7 Å². The van der Waals surface area contributed by atoms with Gasteiger partial charge in [0, 0.05) is 36.2 Å². The summed E-state index contributed by atoms with van der Waals surface area (Å²) < 4.78 is 52.4. The molecule has 0 radical (unpaired) electrons. The van der Waals surface area contributed by atoms with Gasteiger partial charge in [0.25, 0.3) is 0 Å². The van der Waals surface area contributed by atoms with Crippen LogP contribution in [0, 0.1) is 5.92 Å². The third kappa shape index (κ3) is 6.31. The van der Waals surface area contributed by atoms with Crippen molar-refractivity contribution < 1.29 is 21.6 Å². The van der Waals surface area contributed by atoms with Crippen molar-refractivity contribution in [2.24, 2.45) is 5.92 Å². The molecule has 8 nitrogen and oxygen atoms in total. The Morgan fingerprint density at radius 3 is 2.31 bits per heavy atom. The standard InChI is InChI=1S/C21H26BrN3O5S2/c1-24(31(2,27)28)20-5-3-4-19(14-20)23-21(26)17-10-12-25(13-11-17)32(29,30)15-16-6-8-18(22)9-7-16/h3-9,14,17H,10-13,15H2,1-2H3,(H,23,26). The smallest absolute Gasteiger partial charge is 0.231 e. The highest BCUT2D eigenvalue weighted by Crippen LogP contribution is 2.25. The number of benzene rings is 2. The van der Waals surface area contributed by atoms with E-state index in [1.54, 1.807) is 36.4 Å². The van der Waals surface area contributed by atoms with E-state index in [-0.39, 0.29) is 30.7 Å². The molecule has 0 atom stereocenters. The lowest BCUT2D eigenvalue weighted by Crippen LogP contribution is -2.41. The molecule has 0 saturated carbocycles. The molecule has 0 aromatic heterocycles. The van der Waals surface area contributed by atoms with E-state index in [4.69, 9.17) is 0 Å². The number of piperidine rings is 1. The minimum absolute atomic E-state index is 0.0716. The third-order valence-corrected chi connectivity index (χ3v) is 9.04. The minimum atomic E-state index is -3.46. The number of hydrogen-bond acceptors (Lipinski definition) is 5. The van der Waals surface area contributed by atoms with Crippen molar-refractivity contribution in [3.8, 4) is 0 Å². The largest absolute Gasteiger partial charge is 0.326 e. The molecule has 0 spiro atoms. The van der Waals surface area contributed by atoms with E-state index in [2.05, 4.69) is 21.2 Å². The van der Waals surface area contributed by atoms with E-state index in [9.17, 15) is 21.6 Å². The molecule has 0 aliphatic carbocycles. The van der Waals surface area contributed by atoms with Gasteiger partial charge in [0.2, 0.25) is 26.0 Å². The van der Waals surface area contributed by atoms with Gasteiger partial charge < -0.3 is 5.32 Å². The van der Waals surface area contributed by atoms with Gasteiger partial charge in [-0.2, -0.15) is 0 Å². The fourth-order valence-corrected chi connectivity index (χ4v) is 5.82. The zero-order valence-electron chi connectivity index (χ0n) is 17.9. The Morgan fingerprint density at radius 2 is 1.72 bits per heavy atom.